The number of benzene rings is 1. The van der Waals surface area contributed by atoms with Crippen LogP contribution in [-0.2, 0) is 6.54 Å². The quantitative estimate of drug-likeness (QED) is 0.790. The molecule has 3 rings (SSSR count). The number of hydrogen-bond acceptors (Lipinski definition) is 3. The van der Waals surface area contributed by atoms with Gasteiger partial charge in [0.25, 0.3) is 0 Å². The third-order valence-electron chi connectivity index (χ3n) is 3.09. The highest BCUT2D eigenvalue weighted by Gasteiger charge is 2.11. The maximum atomic E-state index is 6.01. The molecule has 1 aromatic carbocycles. The highest BCUT2D eigenvalue weighted by Crippen LogP contribution is 2.21. The number of imidazole rings is 1. The van der Waals surface area contributed by atoms with Crippen molar-refractivity contribution in [2.45, 2.75) is 13.5 Å². The van der Waals surface area contributed by atoms with Crippen LogP contribution < -0.4 is 5.73 Å². The summed E-state index contributed by atoms with van der Waals surface area (Å²) in [5.41, 5.74) is 9.95. The molecule has 5 heteroatoms. The Labute approximate surface area is 119 Å². The fourth-order valence-electron chi connectivity index (χ4n) is 2.13. The predicted molar refractivity (Wildman–Crippen MR) is 79.9 cm³/mol. The summed E-state index contributed by atoms with van der Waals surface area (Å²) in [4.78, 5) is 8.79. The van der Waals surface area contributed by atoms with Crippen LogP contribution in [0.15, 0.2) is 41.0 Å². The van der Waals surface area contributed by atoms with Gasteiger partial charge >= 0.3 is 0 Å². The summed E-state index contributed by atoms with van der Waals surface area (Å²) in [6.45, 7) is 2.68. The van der Waals surface area contributed by atoms with E-state index >= 15 is 0 Å². The number of pyridine rings is 1. The average Bonchev–Trinajstić information content (AvgIpc) is 2.69. The minimum atomic E-state index is 0.497. The zero-order valence-electron chi connectivity index (χ0n) is 10.5. The molecule has 3 aromatic rings. The van der Waals surface area contributed by atoms with E-state index in [1.54, 1.807) is 6.20 Å². The molecule has 0 fully saturated rings. The monoisotopic (exact) mass is 316 g/mol. The lowest BCUT2D eigenvalue weighted by Gasteiger charge is -2.06. The number of hydrogen-bond donors (Lipinski definition) is 1. The van der Waals surface area contributed by atoms with Crippen LogP contribution in [-0.4, -0.2) is 14.5 Å². The van der Waals surface area contributed by atoms with Crippen LogP contribution in [0.25, 0.3) is 11.2 Å². The highest BCUT2D eigenvalue weighted by molar-refractivity contribution is 9.10. The van der Waals surface area contributed by atoms with Crippen molar-refractivity contribution in [1.29, 1.82) is 0 Å². The first kappa shape index (κ1) is 12.2. The molecule has 0 aliphatic carbocycles. The summed E-state index contributed by atoms with van der Waals surface area (Å²) in [5, 5.41) is 0. The molecule has 0 radical (unpaired) electrons. The summed E-state index contributed by atoms with van der Waals surface area (Å²) in [6, 6.07) is 10.1. The highest BCUT2D eigenvalue weighted by atomic mass is 79.9. The number of rotatable bonds is 2. The van der Waals surface area contributed by atoms with Crippen molar-refractivity contribution in [3.8, 4) is 0 Å². The summed E-state index contributed by atoms with van der Waals surface area (Å²) < 4.78 is 2.99. The Kier molecular flexibility index (Phi) is 2.98. The Morgan fingerprint density at radius 1 is 1.32 bits per heavy atom. The van der Waals surface area contributed by atoms with Gasteiger partial charge in [0.2, 0.25) is 5.95 Å². The molecule has 0 amide bonds. The first-order chi connectivity index (χ1) is 9.15. The van der Waals surface area contributed by atoms with E-state index in [4.69, 9.17) is 5.73 Å². The Hall–Kier alpha value is -1.88. The van der Waals surface area contributed by atoms with Crippen LogP contribution >= 0.6 is 15.9 Å². The molecule has 0 saturated heterocycles. The van der Waals surface area contributed by atoms with E-state index in [-0.39, 0.29) is 0 Å². The van der Waals surface area contributed by atoms with E-state index in [1.165, 1.54) is 0 Å². The maximum absolute atomic E-state index is 6.01. The van der Waals surface area contributed by atoms with Crippen LogP contribution in [0, 0.1) is 6.92 Å². The van der Waals surface area contributed by atoms with Crippen LogP contribution in [0.5, 0.6) is 0 Å². The second-order valence-corrected chi connectivity index (χ2v) is 5.40. The molecule has 0 aliphatic rings. The Bertz CT molecular complexity index is 748. The van der Waals surface area contributed by atoms with E-state index in [2.05, 4.69) is 38.0 Å². The molecule has 2 heterocycles. The van der Waals surface area contributed by atoms with Gasteiger partial charge in [-0.05, 0) is 36.2 Å². The zero-order valence-corrected chi connectivity index (χ0v) is 12.1. The standard InChI is InChI=1S/C14H13BrN4/c1-9-5-6-17-13-12(9)18-14(16)19(13)8-10-3-2-4-11(15)7-10/h2-7H,8H2,1H3,(H2,16,18). The molecule has 0 unspecified atom stereocenters. The van der Waals surface area contributed by atoms with E-state index < -0.39 is 0 Å². The maximum Gasteiger partial charge on any atom is 0.202 e. The molecule has 96 valence electrons. The summed E-state index contributed by atoms with van der Waals surface area (Å²) in [6.07, 6.45) is 1.79. The minimum Gasteiger partial charge on any atom is -0.369 e. The number of aromatic nitrogens is 3. The van der Waals surface area contributed by atoms with Crippen molar-refractivity contribution in [2.24, 2.45) is 0 Å². The third kappa shape index (κ3) is 2.21. The van der Waals surface area contributed by atoms with Crippen LogP contribution in [0.1, 0.15) is 11.1 Å². The van der Waals surface area contributed by atoms with Gasteiger partial charge in [0, 0.05) is 10.7 Å². The lowest BCUT2D eigenvalue weighted by Crippen LogP contribution is -2.05. The number of nitrogens with two attached hydrogens (primary N) is 1. The summed E-state index contributed by atoms with van der Waals surface area (Å²) in [5.74, 6) is 0.497. The predicted octanol–water partition coefficient (Wildman–Crippen LogP) is 3.13. The largest absolute Gasteiger partial charge is 0.369 e. The van der Waals surface area contributed by atoms with Crippen molar-refractivity contribution in [2.75, 3.05) is 5.73 Å². The Balaban J connectivity index is 2.10. The van der Waals surface area contributed by atoms with Gasteiger partial charge < -0.3 is 5.73 Å². The molecule has 2 N–H and O–H groups in total. The second kappa shape index (κ2) is 4.66. The van der Waals surface area contributed by atoms with E-state index in [0.29, 0.717) is 12.5 Å². The summed E-state index contributed by atoms with van der Waals surface area (Å²) in [7, 11) is 0. The van der Waals surface area contributed by atoms with Crippen LogP contribution in [0.2, 0.25) is 0 Å². The molecule has 0 spiro atoms. The Morgan fingerprint density at radius 2 is 2.16 bits per heavy atom. The lowest BCUT2D eigenvalue weighted by molar-refractivity contribution is 0.827. The topological polar surface area (TPSA) is 56.7 Å². The van der Waals surface area contributed by atoms with Gasteiger partial charge in [0.05, 0.1) is 6.54 Å². The lowest BCUT2D eigenvalue weighted by atomic mass is 10.2. The molecule has 0 aliphatic heterocycles. The Morgan fingerprint density at radius 3 is 2.95 bits per heavy atom. The van der Waals surface area contributed by atoms with E-state index in [1.807, 2.05) is 29.7 Å². The number of halogens is 1. The van der Waals surface area contributed by atoms with Gasteiger partial charge in [0.1, 0.15) is 5.52 Å². The molecule has 0 bridgehead atoms. The van der Waals surface area contributed by atoms with E-state index in [9.17, 15) is 0 Å². The van der Waals surface area contributed by atoms with Crippen molar-refractivity contribution >= 4 is 33.0 Å². The molecular formula is C14H13BrN4. The SMILES string of the molecule is Cc1ccnc2c1nc(N)n2Cc1cccc(Br)c1. The van der Waals surface area contributed by atoms with Gasteiger partial charge in [-0.25, -0.2) is 9.97 Å². The normalized spacial score (nSPS) is 11.1. The summed E-state index contributed by atoms with van der Waals surface area (Å²) >= 11 is 3.47. The van der Waals surface area contributed by atoms with Crippen molar-refractivity contribution < 1.29 is 0 Å². The molecule has 2 aromatic heterocycles. The fourth-order valence-corrected chi connectivity index (χ4v) is 2.58. The number of anilines is 1. The van der Waals surface area contributed by atoms with Crippen LogP contribution in [0.4, 0.5) is 5.95 Å². The first-order valence-corrected chi connectivity index (χ1v) is 6.76. The van der Waals surface area contributed by atoms with E-state index in [0.717, 1.165) is 26.8 Å². The third-order valence-corrected chi connectivity index (χ3v) is 3.59. The average molecular weight is 317 g/mol. The molecule has 4 nitrogen and oxygen atoms in total. The van der Waals surface area contributed by atoms with Gasteiger partial charge in [-0.3, -0.25) is 4.57 Å². The zero-order chi connectivity index (χ0) is 13.4. The number of nitrogen functional groups attached to an aromatic ring is 1. The van der Waals surface area contributed by atoms with Crippen molar-refractivity contribution in [3.63, 3.8) is 0 Å². The van der Waals surface area contributed by atoms with Crippen molar-refractivity contribution in [3.05, 3.63) is 52.1 Å². The second-order valence-electron chi connectivity index (χ2n) is 4.49. The van der Waals surface area contributed by atoms with Gasteiger partial charge in [-0.15, -0.1) is 0 Å². The van der Waals surface area contributed by atoms with Gasteiger partial charge in [-0.2, -0.15) is 0 Å². The smallest absolute Gasteiger partial charge is 0.202 e. The molecule has 0 atom stereocenters. The van der Waals surface area contributed by atoms with Gasteiger partial charge in [-0.1, -0.05) is 28.1 Å². The molecule has 0 saturated carbocycles. The van der Waals surface area contributed by atoms with Crippen molar-refractivity contribution in [1.82, 2.24) is 14.5 Å². The number of fused-ring (bicyclic) bond motifs is 1. The number of nitrogens with zero attached hydrogens (tertiary/aromatic N) is 3. The van der Waals surface area contributed by atoms with Crippen LogP contribution in [0.3, 0.4) is 0 Å². The number of aryl methyl sites for hydroxylation is 1. The first-order valence-electron chi connectivity index (χ1n) is 5.97. The molecular weight excluding hydrogens is 304 g/mol. The fraction of sp³-hybridized carbons (Fsp3) is 0.143. The molecule has 19 heavy (non-hydrogen) atoms. The minimum absolute atomic E-state index is 0.497. The van der Waals surface area contributed by atoms with Gasteiger partial charge in [0.15, 0.2) is 5.65 Å².